The Bertz CT molecular complexity index is 982. The topological polar surface area (TPSA) is 89.2 Å². The van der Waals surface area contributed by atoms with Gasteiger partial charge in [-0.1, -0.05) is 26.0 Å². The number of guanidine groups is 1. The zero-order chi connectivity index (χ0) is 21.5. The minimum absolute atomic E-state index is 0. The summed E-state index contributed by atoms with van der Waals surface area (Å²) in [6.07, 6.45) is 0. The molecule has 0 bridgehead atoms. The second-order valence-electron chi connectivity index (χ2n) is 7.26. The number of hydrogen-bond donors (Lipinski definition) is 2. The predicted molar refractivity (Wildman–Crippen MR) is 135 cm³/mol. The number of ether oxygens (including phenoxy) is 1. The van der Waals surface area contributed by atoms with Crippen LogP contribution in [-0.2, 0) is 26.7 Å². The van der Waals surface area contributed by atoms with Gasteiger partial charge < -0.3 is 19.9 Å². The van der Waals surface area contributed by atoms with Crippen LogP contribution in [0.5, 0.6) is 5.75 Å². The Morgan fingerprint density at radius 1 is 1.16 bits per heavy atom. The lowest BCUT2D eigenvalue weighted by atomic mass is 10.2. The molecule has 0 spiro atoms. The first-order valence-corrected chi connectivity index (χ1v) is 10.8. The van der Waals surface area contributed by atoms with Gasteiger partial charge in [0.25, 0.3) is 0 Å². The van der Waals surface area contributed by atoms with E-state index in [9.17, 15) is 0 Å². The fraction of sp³-hybridized carbons (Fsp3) is 0.429. The Balaban J connectivity index is 0.00000341. The van der Waals surface area contributed by atoms with Crippen LogP contribution < -0.4 is 15.4 Å². The average Bonchev–Trinajstić information content (AvgIpc) is 3.35. The second kappa shape index (κ2) is 12.0. The molecule has 0 saturated heterocycles. The maximum Gasteiger partial charge on any atom is 0.192 e. The van der Waals surface area contributed by atoms with Gasteiger partial charge in [0.1, 0.15) is 16.6 Å². The van der Waals surface area contributed by atoms with Crippen molar-refractivity contribution in [2.24, 2.45) is 12.0 Å². The van der Waals surface area contributed by atoms with Crippen molar-refractivity contribution in [2.75, 3.05) is 7.11 Å². The number of rotatable bonds is 8. The number of thiazole rings is 1. The van der Waals surface area contributed by atoms with Gasteiger partial charge in [-0.25, -0.2) is 9.98 Å². The molecule has 0 saturated carbocycles. The van der Waals surface area contributed by atoms with Crippen molar-refractivity contribution >= 4 is 41.3 Å². The smallest absolute Gasteiger partial charge is 0.192 e. The van der Waals surface area contributed by atoms with Gasteiger partial charge in [0.2, 0.25) is 0 Å². The van der Waals surface area contributed by atoms with Crippen LogP contribution >= 0.6 is 35.3 Å². The van der Waals surface area contributed by atoms with Gasteiger partial charge in [-0.3, -0.25) is 0 Å². The third kappa shape index (κ3) is 7.17. The molecule has 10 heteroatoms. The van der Waals surface area contributed by atoms with Gasteiger partial charge in [0, 0.05) is 12.4 Å². The molecular formula is C21H30IN7OS. The van der Waals surface area contributed by atoms with E-state index in [1.54, 1.807) is 18.4 Å². The summed E-state index contributed by atoms with van der Waals surface area (Å²) in [4.78, 5) is 9.42. The molecule has 2 heterocycles. The van der Waals surface area contributed by atoms with E-state index in [0.717, 1.165) is 33.7 Å². The number of aliphatic imine (C=N–C) groups is 1. The summed E-state index contributed by atoms with van der Waals surface area (Å²) in [6.45, 7) is 7.93. The van der Waals surface area contributed by atoms with Gasteiger partial charge in [-0.05, 0) is 30.5 Å². The van der Waals surface area contributed by atoms with Gasteiger partial charge in [-0.15, -0.1) is 45.5 Å². The molecule has 1 aromatic carbocycles. The molecule has 0 aliphatic carbocycles. The lowest BCUT2D eigenvalue weighted by Gasteiger charge is -2.12. The van der Waals surface area contributed by atoms with Crippen molar-refractivity contribution in [1.29, 1.82) is 0 Å². The molecule has 8 nitrogen and oxygen atoms in total. The molecular weight excluding hydrogens is 525 g/mol. The monoisotopic (exact) mass is 555 g/mol. The Labute approximate surface area is 204 Å². The van der Waals surface area contributed by atoms with E-state index >= 15 is 0 Å². The first-order chi connectivity index (χ1) is 14.5. The maximum absolute atomic E-state index is 5.22. The highest BCUT2D eigenvalue weighted by atomic mass is 127. The normalized spacial score (nSPS) is 11.4. The SMILES string of the molecule is COc1ccc(CN=C(NCc2nc(C(C)C)cs2)NCc2nnc(C)n2C)cc1.I. The fourth-order valence-corrected chi connectivity index (χ4v) is 3.57. The number of nitrogens with one attached hydrogen (secondary N) is 2. The van der Waals surface area contributed by atoms with E-state index in [-0.39, 0.29) is 24.0 Å². The van der Waals surface area contributed by atoms with Gasteiger partial charge in [0.05, 0.1) is 32.4 Å². The van der Waals surface area contributed by atoms with Crippen LogP contribution in [0.3, 0.4) is 0 Å². The Morgan fingerprint density at radius 2 is 1.87 bits per heavy atom. The lowest BCUT2D eigenvalue weighted by Crippen LogP contribution is -2.37. The summed E-state index contributed by atoms with van der Waals surface area (Å²) < 4.78 is 7.18. The van der Waals surface area contributed by atoms with Crippen molar-refractivity contribution in [1.82, 2.24) is 30.4 Å². The predicted octanol–water partition coefficient (Wildman–Crippen LogP) is 3.77. The van der Waals surface area contributed by atoms with E-state index < -0.39 is 0 Å². The number of aryl methyl sites for hydroxylation is 1. The fourth-order valence-electron chi connectivity index (χ4n) is 2.67. The zero-order valence-corrected chi connectivity index (χ0v) is 21.7. The van der Waals surface area contributed by atoms with Crippen LogP contribution in [0.4, 0.5) is 0 Å². The number of aromatic nitrogens is 4. The molecule has 168 valence electrons. The Hall–Kier alpha value is -2.21. The lowest BCUT2D eigenvalue weighted by molar-refractivity contribution is 0.414. The van der Waals surface area contributed by atoms with Crippen molar-refractivity contribution < 1.29 is 4.74 Å². The van der Waals surface area contributed by atoms with Gasteiger partial charge in [-0.2, -0.15) is 0 Å². The molecule has 3 rings (SSSR count). The standard InChI is InChI=1S/C21H29N7OS.HI/c1-14(2)18-13-30-20(25-18)12-24-21(23-11-19-27-26-15(3)28(19)4)22-10-16-6-8-17(29-5)9-7-16;/h6-9,13-14H,10-12H2,1-5H3,(H2,22,23,24);1H. The Kier molecular flexibility index (Phi) is 9.69. The summed E-state index contributed by atoms with van der Waals surface area (Å²) in [5, 5.41) is 18.2. The highest BCUT2D eigenvalue weighted by Crippen LogP contribution is 2.17. The van der Waals surface area contributed by atoms with Crippen LogP contribution in [-0.4, -0.2) is 32.8 Å². The summed E-state index contributed by atoms with van der Waals surface area (Å²) in [5.74, 6) is 3.69. The first kappa shape index (κ1) is 25.1. The third-order valence-electron chi connectivity index (χ3n) is 4.74. The molecule has 2 N–H and O–H groups in total. The van der Waals surface area contributed by atoms with Gasteiger partial charge >= 0.3 is 0 Å². The number of nitrogens with zero attached hydrogens (tertiary/aromatic N) is 5. The first-order valence-electron chi connectivity index (χ1n) is 9.90. The van der Waals surface area contributed by atoms with E-state index in [2.05, 4.69) is 45.0 Å². The van der Waals surface area contributed by atoms with Crippen LogP contribution in [0.25, 0.3) is 0 Å². The second-order valence-corrected chi connectivity index (χ2v) is 8.21. The summed E-state index contributed by atoms with van der Waals surface area (Å²) >= 11 is 1.66. The van der Waals surface area contributed by atoms with Crippen molar-refractivity contribution in [3.63, 3.8) is 0 Å². The van der Waals surface area contributed by atoms with Crippen LogP contribution in [0.1, 0.15) is 47.7 Å². The van der Waals surface area contributed by atoms with E-state index in [0.29, 0.717) is 31.5 Å². The summed E-state index contributed by atoms with van der Waals surface area (Å²) in [6, 6.07) is 7.91. The van der Waals surface area contributed by atoms with Gasteiger partial charge in [0.15, 0.2) is 11.8 Å². The number of methoxy groups -OCH3 is 1. The quantitative estimate of drug-likeness (QED) is 0.250. The number of hydrogen-bond acceptors (Lipinski definition) is 6. The molecule has 0 fully saturated rings. The Morgan fingerprint density at radius 3 is 2.45 bits per heavy atom. The molecule has 0 amide bonds. The van der Waals surface area contributed by atoms with E-state index in [1.807, 2.05) is 42.8 Å². The minimum Gasteiger partial charge on any atom is -0.497 e. The average molecular weight is 555 g/mol. The number of halogens is 1. The van der Waals surface area contributed by atoms with Crippen molar-refractivity contribution in [2.45, 2.75) is 46.3 Å². The molecule has 0 unspecified atom stereocenters. The minimum atomic E-state index is 0. The van der Waals surface area contributed by atoms with E-state index in [1.165, 1.54) is 0 Å². The van der Waals surface area contributed by atoms with Crippen LogP contribution in [0.2, 0.25) is 0 Å². The van der Waals surface area contributed by atoms with Crippen LogP contribution in [0, 0.1) is 6.92 Å². The highest BCUT2D eigenvalue weighted by Gasteiger charge is 2.09. The largest absolute Gasteiger partial charge is 0.497 e. The zero-order valence-electron chi connectivity index (χ0n) is 18.5. The molecule has 0 aliphatic rings. The molecule has 3 aromatic rings. The summed E-state index contributed by atoms with van der Waals surface area (Å²) in [5.41, 5.74) is 2.22. The molecule has 0 radical (unpaired) electrons. The molecule has 31 heavy (non-hydrogen) atoms. The summed E-state index contributed by atoms with van der Waals surface area (Å²) in [7, 11) is 3.62. The molecule has 0 atom stereocenters. The van der Waals surface area contributed by atoms with Crippen molar-refractivity contribution in [3.8, 4) is 5.75 Å². The highest BCUT2D eigenvalue weighted by molar-refractivity contribution is 14.0. The molecule has 0 aliphatic heterocycles. The molecule has 2 aromatic heterocycles. The van der Waals surface area contributed by atoms with E-state index in [4.69, 9.17) is 9.73 Å². The number of benzene rings is 1. The van der Waals surface area contributed by atoms with Crippen LogP contribution in [0.15, 0.2) is 34.6 Å². The maximum atomic E-state index is 5.22. The van der Waals surface area contributed by atoms with Crippen molar-refractivity contribution in [3.05, 3.63) is 57.6 Å². The third-order valence-corrected chi connectivity index (χ3v) is 5.61.